The van der Waals surface area contributed by atoms with Gasteiger partial charge in [0.15, 0.2) is 0 Å². The van der Waals surface area contributed by atoms with Crippen LogP contribution in [0, 0.1) is 0 Å². The zero-order valence-electron chi connectivity index (χ0n) is 43.1. The molecule has 2 heteroatoms. The van der Waals surface area contributed by atoms with Crippen molar-refractivity contribution in [2.24, 2.45) is 0 Å². The highest BCUT2D eigenvalue weighted by atomic mass is 15.1. The summed E-state index contributed by atoms with van der Waals surface area (Å²) in [5, 5.41) is 4.91. The average molecular weight is 953 g/mol. The number of benzene rings is 11. The van der Waals surface area contributed by atoms with E-state index in [4.69, 9.17) is 0 Å². The molecule has 2 nitrogen and oxygen atoms in total. The van der Waals surface area contributed by atoms with E-state index < -0.39 is 0 Å². The molecule has 11 aromatic carbocycles. The molecule has 0 atom stereocenters. The van der Waals surface area contributed by atoms with Crippen LogP contribution in [-0.2, 0) is 10.8 Å². The van der Waals surface area contributed by atoms with E-state index in [1.165, 1.54) is 82.7 Å². The van der Waals surface area contributed by atoms with Crippen molar-refractivity contribution in [2.45, 2.75) is 52.4 Å². The highest BCUT2D eigenvalue weighted by molar-refractivity contribution is 6.12. The zero-order chi connectivity index (χ0) is 50.6. The van der Waals surface area contributed by atoms with E-state index >= 15 is 0 Å². The Morgan fingerprint density at radius 3 is 1.53 bits per heavy atom. The smallest absolute Gasteiger partial charge is 0.0561 e. The Hall–Kier alpha value is -8.72. The van der Waals surface area contributed by atoms with Gasteiger partial charge in [0.05, 0.1) is 16.7 Å². The SMILES string of the molecule is CC(C)(C)c1cc(-c2cccc3cccc(-c4ccccc4N(c4ccc(-c5ccc(-c6ccccc6)c(-c6ccccc6)c5)cc4)c4ccc5c6ccccc6n(-c6ccccc6)c5c4)c23)cc(C(C)(C)C)c1. The summed E-state index contributed by atoms with van der Waals surface area (Å²) in [5.41, 5.74) is 21.4. The van der Waals surface area contributed by atoms with E-state index in [9.17, 15) is 0 Å². The molecule has 74 heavy (non-hydrogen) atoms. The van der Waals surface area contributed by atoms with E-state index in [-0.39, 0.29) is 10.8 Å². The van der Waals surface area contributed by atoms with Gasteiger partial charge >= 0.3 is 0 Å². The minimum absolute atomic E-state index is 0.0187. The highest BCUT2D eigenvalue weighted by Crippen LogP contribution is 2.47. The van der Waals surface area contributed by atoms with Crippen LogP contribution in [-0.4, -0.2) is 4.57 Å². The quantitative estimate of drug-likeness (QED) is 0.140. The Kier molecular flexibility index (Phi) is 11.7. The van der Waals surface area contributed by atoms with E-state index in [1.807, 2.05) is 0 Å². The lowest BCUT2D eigenvalue weighted by atomic mass is 9.78. The molecule has 1 heterocycles. The fourth-order valence-corrected chi connectivity index (χ4v) is 11.0. The van der Waals surface area contributed by atoms with Gasteiger partial charge in [0.25, 0.3) is 0 Å². The molecule has 1 aromatic heterocycles. The van der Waals surface area contributed by atoms with Crippen LogP contribution in [0.5, 0.6) is 0 Å². The van der Waals surface area contributed by atoms with Crippen LogP contribution < -0.4 is 4.90 Å². The Labute approximate surface area is 436 Å². The molecule has 0 radical (unpaired) electrons. The Morgan fingerprint density at radius 2 is 0.851 bits per heavy atom. The first-order valence-corrected chi connectivity index (χ1v) is 26.0. The van der Waals surface area contributed by atoms with Crippen LogP contribution in [0.1, 0.15) is 52.7 Å². The molecule has 0 fully saturated rings. The number of fused-ring (bicyclic) bond motifs is 4. The molecule has 358 valence electrons. The molecule has 0 amide bonds. The van der Waals surface area contributed by atoms with Crippen LogP contribution in [0.4, 0.5) is 17.1 Å². The van der Waals surface area contributed by atoms with Gasteiger partial charge in [0, 0.05) is 33.4 Å². The van der Waals surface area contributed by atoms with Crippen molar-refractivity contribution in [1.29, 1.82) is 0 Å². The van der Waals surface area contributed by atoms with E-state index in [1.54, 1.807) is 0 Å². The number of hydrogen-bond acceptors (Lipinski definition) is 1. The lowest BCUT2D eigenvalue weighted by molar-refractivity contribution is 0.569. The lowest BCUT2D eigenvalue weighted by Gasteiger charge is -2.29. The maximum absolute atomic E-state index is 2.47. The summed E-state index contributed by atoms with van der Waals surface area (Å²) in [6.07, 6.45) is 0. The van der Waals surface area contributed by atoms with Crippen LogP contribution in [0.15, 0.2) is 255 Å². The van der Waals surface area contributed by atoms with Gasteiger partial charge in [0.1, 0.15) is 0 Å². The van der Waals surface area contributed by atoms with Crippen molar-refractivity contribution in [1.82, 2.24) is 4.57 Å². The fourth-order valence-electron chi connectivity index (χ4n) is 11.0. The Balaban J connectivity index is 1.07. The second-order valence-corrected chi connectivity index (χ2v) is 21.8. The van der Waals surface area contributed by atoms with Gasteiger partial charge in [-0.3, -0.25) is 0 Å². The fraction of sp³-hybridized carbons (Fsp3) is 0.111. The maximum atomic E-state index is 2.47. The van der Waals surface area contributed by atoms with Crippen molar-refractivity contribution >= 4 is 49.6 Å². The minimum atomic E-state index is -0.0187. The summed E-state index contributed by atoms with van der Waals surface area (Å²) < 4.78 is 2.42. The molecule has 0 saturated carbocycles. The van der Waals surface area contributed by atoms with Crippen LogP contribution in [0.3, 0.4) is 0 Å². The summed E-state index contributed by atoms with van der Waals surface area (Å²) in [4.78, 5) is 2.47. The molecule has 12 rings (SSSR count). The molecule has 0 unspecified atom stereocenters. The number of aromatic nitrogens is 1. The van der Waals surface area contributed by atoms with E-state index in [0.29, 0.717) is 0 Å². The van der Waals surface area contributed by atoms with Crippen molar-refractivity contribution in [3.63, 3.8) is 0 Å². The topological polar surface area (TPSA) is 8.17 Å². The normalized spacial score (nSPS) is 11.9. The largest absolute Gasteiger partial charge is 0.310 e. The lowest BCUT2D eigenvalue weighted by Crippen LogP contribution is -2.16. The molecule has 0 saturated heterocycles. The maximum Gasteiger partial charge on any atom is 0.0561 e. The molecule has 0 aliphatic heterocycles. The van der Waals surface area contributed by atoms with Gasteiger partial charge in [0.2, 0.25) is 0 Å². The summed E-state index contributed by atoms with van der Waals surface area (Å²) in [5.74, 6) is 0. The number of anilines is 3. The summed E-state index contributed by atoms with van der Waals surface area (Å²) in [6, 6.07) is 94.1. The molecule has 0 aliphatic carbocycles. The Morgan fingerprint density at radius 1 is 0.311 bits per heavy atom. The summed E-state index contributed by atoms with van der Waals surface area (Å²) in [6.45, 7) is 13.9. The molecule has 0 bridgehead atoms. The van der Waals surface area contributed by atoms with Crippen molar-refractivity contribution in [2.75, 3.05) is 4.90 Å². The van der Waals surface area contributed by atoms with E-state index in [2.05, 4.69) is 306 Å². The second kappa shape index (κ2) is 18.7. The minimum Gasteiger partial charge on any atom is -0.310 e. The molecule has 0 spiro atoms. The van der Waals surface area contributed by atoms with Gasteiger partial charge in [-0.1, -0.05) is 242 Å². The third-order valence-corrected chi connectivity index (χ3v) is 14.9. The average Bonchev–Trinajstić information content (AvgIpc) is 3.77. The van der Waals surface area contributed by atoms with Crippen LogP contribution >= 0.6 is 0 Å². The van der Waals surface area contributed by atoms with Gasteiger partial charge in [-0.15, -0.1) is 0 Å². The van der Waals surface area contributed by atoms with Crippen LogP contribution in [0.25, 0.3) is 93.9 Å². The first-order valence-electron chi connectivity index (χ1n) is 26.0. The van der Waals surface area contributed by atoms with Gasteiger partial charge in [-0.25, -0.2) is 0 Å². The highest BCUT2D eigenvalue weighted by Gasteiger charge is 2.25. The standard InChI is InChI=1S/C72H60N2/c1-71(2,3)55-44-54(45-56(47-55)72(4,5)6)61-32-20-26-52-27-21-33-65(70(52)61)63-31-17-18-34-67(63)73(59-41-43-64-62-30-16-19-35-68(62)74(69(64)48-59)57-28-14-9-15-29-57)58-39-36-49(37-40-58)53-38-42-60(50-22-10-7-11-23-50)66(46-53)51-24-12-8-13-25-51/h7-48H,1-6H3. The zero-order valence-corrected chi connectivity index (χ0v) is 43.1. The molecule has 0 aliphatic rings. The first kappa shape index (κ1) is 46.4. The number of para-hydroxylation sites is 3. The first-order chi connectivity index (χ1) is 36.0. The predicted octanol–water partition coefficient (Wildman–Crippen LogP) is 20.3. The Bertz CT molecular complexity index is 3960. The van der Waals surface area contributed by atoms with Gasteiger partial charge in [-0.05, 0) is 137 Å². The number of nitrogens with zero attached hydrogens (tertiary/aromatic N) is 2. The predicted molar refractivity (Wildman–Crippen MR) is 318 cm³/mol. The third-order valence-electron chi connectivity index (χ3n) is 14.9. The summed E-state index contributed by atoms with van der Waals surface area (Å²) >= 11 is 0. The molecular formula is C72H60N2. The second-order valence-electron chi connectivity index (χ2n) is 21.8. The van der Waals surface area contributed by atoms with Crippen molar-refractivity contribution in [3.8, 4) is 61.3 Å². The molecular weight excluding hydrogens is 893 g/mol. The van der Waals surface area contributed by atoms with Crippen molar-refractivity contribution < 1.29 is 0 Å². The number of rotatable bonds is 9. The monoisotopic (exact) mass is 952 g/mol. The molecule has 12 aromatic rings. The number of hydrogen-bond donors (Lipinski definition) is 0. The van der Waals surface area contributed by atoms with Crippen molar-refractivity contribution in [3.05, 3.63) is 266 Å². The van der Waals surface area contributed by atoms with Gasteiger partial charge < -0.3 is 9.47 Å². The summed E-state index contributed by atoms with van der Waals surface area (Å²) in [7, 11) is 0. The third kappa shape index (κ3) is 8.57. The van der Waals surface area contributed by atoms with Gasteiger partial charge in [-0.2, -0.15) is 0 Å². The van der Waals surface area contributed by atoms with E-state index in [0.717, 1.165) is 39.4 Å². The molecule has 0 N–H and O–H groups in total. The van der Waals surface area contributed by atoms with Crippen LogP contribution in [0.2, 0.25) is 0 Å².